The summed E-state index contributed by atoms with van der Waals surface area (Å²) in [5.74, 6) is 0.0713. The molecule has 8 nitrogen and oxygen atoms in total. The lowest BCUT2D eigenvalue weighted by atomic mass is 9.82. The first kappa shape index (κ1) is 32.9. The molecule has 1 aromatic carbocycles. The Morgan fingerprint density at radius 1 is 1.02 bits per heavy atom. The lowest BCUT2D eigenvalue weighted by molar-refractivity contribution is -0.884. The van der Waals surface area contributed by atoms with Crippen molar-refractivity contribution in [2.75, 3.05) is 31.8 Å². The van der Waals surface area contributed by atoms with Crippen molar-refractivity contribution in [2.24, 2.45) is 11.8 Å². The summed E-state index contributed by atoms with van der Waals surface area (Å²) >= 11 is 1.31. The topological polar surface area (TPSA) is 86.6 Å². The average molecular weight is 607 g/mol. The minimum Gasteiger partial charge on any atom is -1.00 e. The predicted octanol–water partition coefficient (Wildman–Crippen LogP) is 2.32. The van der Waals surface area contributed by atoms with Gasteiger partial charge in [0.15, 0.2) is 0 Å². The number of benzene rings is 1. The van der Waals surface area contributed by atoms with Crippen LogP contribution in [0.4, 0.5) is 10.5 Å². The van der Waals surface area contributed by atoms with Gasteiger partial charge in [-0.3, -0.25) is 4.79 Å². The highest BCUT2D eigenvalue weighted by atomic mass is 35.5. The number of nitrogens with zero attached hydrogens (tertiary/aromatic N) is 1. The minimum atomic E-state index is -0.879. The molecule has 0 radical (unpaired) electrons. The number of halogens is 1. The van der Waals surface area contributed by atoms with Crippen molar-refractivity contribution in [1.82, 2.24) is 0 Å². The summed E-state index contributed by atoms with van der Waals surface area (Å²) in [6, 6.07) is 11.8. The Hall–Kier alpha value is -2.62. The van der Waals surface area contributed by atoms with E-state index in [1.54, 1.807) is 6.92 Å². The van der Waals surface area contributed by atoms with Crippen molar-refractivity contribution >= 4 is 35.1 Å². The summed E-state index contributed by atoms with van der Waals surface area (Å²) < 4.78 is 15.5. The zero-order valence-electron chi connectivity index (χ0n) is 24.5. The van der Waals surface area contributed by atoms with E-state index in [0.717, 1.165) is 62.1 Å². The maximum Gasteiger partial charge on any atom is 0.511 e. The standard InChI is InChI=1S/C31H42N2O6S.ClH/c1-5-22(3)39-31(36)38-20-37-30(35)28-26(19-27(40-28)23-9-7-6-8-10-23)33(25-15-17-32(4)18-16-25)29(34)24-13-11-21(2)12-14-24;/h6-10,19,21-22,24-25H,5,11-18,20H2,1-4H3;1H/t21?,22-,24?;/m0./s1. The second-order valence-electron chi connectivity index (χ2n) is 11.3. The van der Waals surface area contributed by atoms with Gasteiger partial charge in [-0.1, -0.05) is 44.2 Å². The third-order valence-electron chi connectivity index (χ3n) is 8.23. The lowest BCUT2D eigenvalue weighted by Gasteiger charge is -2.38. The number of carbonyl (C=O) groups is 3. The van der Waals surface area contributed by atoms with Crippen molar-refractivity contribution < 1.29 is 45.9 Å². The predicted molar refractivity (Wildman–Crippen MR) is 156 cm³/mol. The third-order valence-corrected chi connectivity index (χ3v) is 9.38. The number of esters is 1. The Morgan fingerprint density at radius 3 is 2.32 bits per heavy atom. The second-order valence-corrected chi connectivity index (χ2v) is 12.4. The molecule has 10 heteroatoms. The van der Waals surface area contributed by atoms with E-state index in [1.807, 2.05) is 48.2 Å². The highest BCUT2D eigenvalue weighted by Gasteiger charge is 2.38. The summed E-state index contributed by atoms with van der Waals surface area (Å²) in [5.41, 5.74) is 1.57. The first-order valence-corrected chi connectivity index (χ1v) is 15.4. The van der Waals surface area contributed by atoms with Gasteiger partial charge in [0.1, 0.15) is 11.0 Å². The molecule has 1 amide bonds. The quantitative estimate of drug-likeness (QED) is 0.348. The molecular formula is C31H43ClN2O6S. The van der Waals surface area contributed by atoms with Gasteiger partial charge in [-0.25, -0.2) is 9.59 Å². The van der Waals surface area contributed by atoms with E-state index < -0.39 is 18.9 Å². The molecule has 2 aliphatic rings. The molecule has 4 rings (SSSR count). The maximum absolute atomic E-state index is 14.2. The fraction of sp³-hybridized carbons (Fsp3) is 0.581. The van der Waals surface area contributed by atoms with E-state index in [-0.39, 0.29) is 36.4 Å². The summed E-state index contributed by atoms with van der Waals surface area (Å²) in [4.78, 5) is 44.2. The van der Waals surface area contributed by atoms with E-state index in [0.29, 0.717) is 22.9 Å². The SMILES string of the molecule is CC[C@H](C)OC(=O)OCOC(=O)c1sc(-c2ccccc2)cc1N(C(=O)C1CCC(C)CC1)C1CC[NH+](C)CC1.[Cl-]. The van der Waals surface area contributed by atoms with Crippen LogP contribution in [0, 0.1) is 11.8 Å². The number of quaternary nitrogens is 1. The second kappa shape index (κ2) is 15.6. The molecule has 0 spiro atoms. The fourth-order valence-corrected chi connectivity index (χ4v) is 6.53. The molecule has 1 saturated carbocycles. The number of likely N-dealkylation sites (tertiary alicyclic amines) is 1. The molecule has 1 atom stereocenters. The van der Waals surface area contributed by atoms with Crippen LogP contribution in [0.15, 0.2) is 36.4 Å². The van der Waals surface area contributed by atoms with Crippen LogP contribution in [-0.4, -0.2) is 57.1 Å². The largest absolute Gasteiger partial charge is 1.00 e. The number of anilines is 1. The van der Waals surface area contributed by atoms with E-state index in [2.05, 4.69) is 14.0 Å². The van der Waals surface area contributed by atoms with E-state index >= 15 is 0 Å². The van der Waals surface area contributed by atoms with Crippen molar-refractivity contribution in [3.63, 3.8) is 0 Å². The van der Waals surface area contributed by atoms with Crippen LogP contribution in [-0.2, 0) is 19.0 Å². The van der Waals surface area contributed by atoms with E-state index in [9.17, 15) is 14.4 Å². The Kier molecular flexibility index (Phi) is 12.5. The Bertz CT molecular complexity index is 1140. The highest BCUT2D eigenvalue weighted by Crippen LogP contribution is 2.41. The van der Waals surface area contributed by atoms with Crippen LogP contribution in [0.2, 0.25) is 0 Å². The monoisotopic (exact) mass is 606 g/mol. The lowest BCUT2D eigenvalue weighted by Crippen LogP contribution is -3.10. The molecule has 1 aliphatic heterocycles. The van der Waals surface area contributed by atoms with Crippen molar-refractivity contribution in [1.29, 1.82) is 0 Å². The number of hydrogen-bond donors (Lipinski definition) is 1. The summed E-state index contributed by atoms with van der Waals surface area (Å²) in [5, 5.41) is 0. The zero-order chi connectivity index (χ0) is 28.6. The normalized spacial score (nSPS) is 23.0. The van der Waals surface area contributed by atoms with Crippen LogP contribution in [0.5, 0.6) is 0 Å². The molecule has 2 fully saturated rings. The number of nitrogens with one attached hydrogen (secondary N) is 1. The summed E-state index contributed by atoms with van der Waals surface area (Å²) in [6.07, 6.45) is 5.05. The Balaban J connectivity index is 0.00000462. The van der Waals surface area contributed by atoms with Gasteiger partial charge >= 0.3 is 12.1 Å². The maximum atomic E-state index is 14.2. The van der Waals surface area contributed by atoms with E-state index in [4.69, 9.17) is 14.2 Å². The molecule has 1 aromatic heterocycles. The van der Waals surface area contributed by atoms with Crippen molar-refractivity contribution in [3.05, 3.63) is 41.3 Å². The van der Waals surface area contributed by atoms with Gasteiger partial charge in [-0.2, -0.15) is 0 Å². The van der Waals surface area contributed by atoms with Crippen LogP contribution in [0.25, 0.3) is 10.4 Å². The molecule has 0 bridgehead atoms. The van der Waals surface area contributed by atoms with Gasteiger partial charge in [0.2, 0.25) is 12.7 Å². The molecule has 1 saturated heterocycles. The van der Waals surface area contributed by atoms with Crippen LogP contribution < -0.4 is 22.2 Å². The molecule has 1 aliphatic carbocycles. The molecular weight excluding hydrogens is 564 g/mol. The fourth-order valence-electron chi connectivity index (χ4n) is 5.48. The van der Waals surface area contributed by atoms with Gasteiger partial charge in [-0.05, 0) is 56.6 Å². The number of carbonyl (C=O) groups excluding carboxylic acids is 3. The molecule has 226 valence electrons. The number of piperidine rings is 1. The number of ether oxygens (including phenoxy) is 3. The first-order valence-electron chi connectivity index (χ1n) is 14.6. The number of thiophene rings is 1. The van der Waals surface area contributed by atoms with Crippen LogP contribution in [0.1, 0.15) is 75.4 Å². The number of hydrogen-bond acceptors (Lipinski definition) is 7. The van der Waals surface area contributed by atoms with Gasteiger partial charge in [0.25, 0.3) is 0 Å². The Morgan fingerprint density at radius 2 is 1.68 bits per heavy atom. The van der Waals surface area contributed by atoms with Gasteiger partial charge < -0.3 is 36.4 Å². The zero-order valence-corrected chi connectivity index (χ0v) is 26.1. The van der Waals surface area contributed by atoms with Gasteiger partial charge in [0, 0.05) is 29.7 Å². The number of amides is 1. The van der Waals surface area contributed by atoms with Crippen LogP contribution in [0.3, 0.4) is 0 Å². The highest BCUT2D eigenvalue weighted by molar-refractivity contribution is 7.18. The molecule has 0 unspecified atom stereocenters. The molecule has 1 N–H and O–H groups in total. The van der Waals surface area contributed by atoms with E-state index in [1.165, 1.54) is 16.2 Å². The summed E-state index contributed by atoms with van der Waals surface area (Å²) in [6.45, 7) is 7.29. The van der Waals surface area contributed by atoms with Crippen LogP contribution >= 0.6 is 11.3 Å². The Labute approximate surface area is 253 Å². The molecule has 2 heterocycles. The molecule has 2 aromatic rings. The molecule has 41 heavy (non-hydrogen) atoms. The van der Waals surface area contributed by atoms with Gasteiger partial charge in [0.05, 0.1) is 25.8 Å². The third kappa shape index (κ3) is 8.69. The van der Waals surface area contributed by atoms with Crippen molar-refractivity contribution in [2.45, 2.75) is 77.9 Å². The van der Waals surface area contributed by atoms with Crippen molar-refractivity contribution in [3.8, 4) is 10.4 Å². The smallest absolute Gasteiger partial charge is 0.511 e. The number of rotatable bonds is 9. The average Bonchev–Trinajstić information content (AvgIpc) is 3.40. The summed E-state index contributed by atoms with van der Waals surface area (Å²) in [7, 11) is 2.18. The first-order chi connectivity index (χ1) is 19.3. The minimum absolute atomic E-state index is 0. The van der Waals surface area contributed by atoms with Gasteiger partial charge in [-0.15, -0.1) is 11.3 Å².